The molecule has 4 atom stereocenters. The standard InChI is InChI=1S/C14H24.C13H24.4C2H4/c1-14(2)12-7-3-5-10(12)9-11-6-4-8-13(11)14;1-13(2,11-7-3-4-8-11)12-9-5-6-10-12;4*1-2/h10-13H,3-9H2,1-2H3;11-12H,3-10H2,1-2H3;4*1-2H2. The Labute approximate surface area is 222 Å². The van der Waals surface area contributed by atoms with Gasteiger partial charge >= 0.3 is 0 Å². The molecule has 5 rings (SSSR count). The molecule has 0 aromatic rings. The number of hydrogen-bond donors (Lipinski definition) is 0. The maximum absolute atomic E-state index is 3.00. The van der Waals surface area contributed by atoms with Gasteiger partial charge in [0.1, 0.15) is 0 Å². The first-order chi connectivity index (χ1) is 16.9. The highest BCUT2D eigenvalue weighted by atomic mass is 14.6. The van der Waals surface area contributed by atoms with Crippen molar-refractivity contribution in [3.05, 3.63) is 52.6 Å². The van der Waals surface area contributed by atoms with Crippen LogP contribution in [0.4, 0.5) is 0 Å². The van der Waals surface area contributed by atoms with E-state index in [0.717, 1.165) is 35.5 Å². The first-order valence-corrected chi connectivity index (χ1v) is 14.9. The molecule has 0 heteroatoms. The third-order valence-electron chi connectivity index (χ3n) is 10.6. The highest BCUT2D eigenvalue weighted by molar-refractivity contribution is 5.01. The SMILES string of the molecule is C=C.C=C.C=C.C=C.CC(C)(C1CCCC1)C1CCCC1.CC1(C)C2CCCC2CC2CCCC21. The van der Waals surface area contributed by atoms with E-state index in [1.807, 2.05) is 0 Å². The van der Waals surface area contributed by atoms with Crippen molar-refractivity contribution in [2.24, 2.45) is 46.3 Å². The summed E-state index contributed by atoms with van der Waals surface area (Å²) in [6.45, 7) is 34.2. The van der Waals surface area contributed by atoms with Crippen molar-refractivity contribution in [3.63, 3.8) is 0 Å². The van der Waals surface area contributed by atoms with E-state index in [-0.39, 0.29) is 0 Å². The van der Waals surface area contributed by atoms with Crippen LogP contribution in [0.3, 0.4) is 0 Å². The Hall–Kier alpha value is -1.04. The number of rotatable bonds is 2. The van der Waals surface area contributed by atoms with Crippen LogP contribution < -0.4 is 0 Å². The summed E-state index contributed by atoms with van der Waals surface area (Å²) in [7, 11) is 0. The molecule has 0 aliphatic heterocycles. The molecule has 5 saturated carbocycles. The molecule has 0 heterocycles. The topological polar surface area (TPSA) is 0 Å². The molecule has 0 saturated heterocycles. The van der Waals surface area contributed by atoms with E-state index in [4.69, 9.17) is 0 Å². The Kier molecular flexibility index (Phi) is 16.9. The molecule has 0 radical (unpaired) electrons. The average Bonchev–Trinajstić information content (AvgIpc) is 3.70. The summed E-state index contributed by atoms with van der Waals surface area (Å²) < 4.78 is 0. The summed E-state index contributed by atoms with van der Waals surface area (Å²) in [5, 5.41) is 0. The van der Waals surface area contributed by atoms with Crippen LogP contribution in [0.1, 0.15) is 124 Å². The Bertz CT molecular complexity index is 482. The smallest absolute Gasteiger partial charge is 0.0292 e. The maximum atomic E-state index is 3.00. The molecule has 5 fully saturated rings. The van der Waals surface area contributed by atoms with Crippen LogP contribution in [0, 0.1) is 46.3 Å². The van der Waals surface area contributed by atoms with Crippen molar-refractivity contribution in [3.8, 4) is 0 Å². The van der Waals surface area contributed by atoms with Gasteiger partial charge in [-0.15, -0.1) is 52.6 Å². The van der Waals surface area contributed by atoms with Gasteiger partial charge in [-0.2, -0.15) is 0 Å². The zero-order valence-corrected chi connectivity index (χ0v) is 24.7. The molecule has 4 unspecified atom stereocenters. The van der Waals surface area contributed by atoms with Crippen molar-refractivity contribution in [1.82, 2.24) is 0 Å². The number of hydrogen-bond acceptors (Lipinski definition) is 0. The predicted octanol–water partition coefficient (Wildman–Crippen LogP) is 11.9. The van der Waals surface area contributed by atoms with Gasteiger partial charge in [-0.1, -0.05) is 79.1 Å². The third kappa shape index (κ3) is 8.50. The van der Waals surface area contributed by atoms with E-state index in [0.29, 0.717) is 10.8 Å². The molecule has 204 valence electrons. The average molecular weight is 485 g/mol. The van der Waals surface area contributed by atoms with Gasteiger partial charge in [0.15, 0.2) is 0 Å². The molecule has 0 aromatic carbocycles. The van der Waals surface area contributed by atoms with Gasteiger partial charge in [0.25, 0.3) is 0 Å². The van der Waals surface area contributed by atoms with Crippen LogP contribution in [-0.2, 0) is 0 Å². The lowest BCUT2D eigenvalue weighted by Crippen LogP contribution is -2.42. The molecule has 5 aliphatic carbocycles. The summed E-state index contributed by atoms with van der Waals surface area (Å²) in [6.07, 6.45) is 22.9. The fourth-order valence-electron chi connectivity index (χ4n) is 8.93. The van der Waals surface area contributed by atoms with Crippen LogP contribution in [0.15, 0.2) is 52.6 Å². The zero-order valence-electron chi connectivity index (χ0n) is 24.7. The molecule has 0 amide bonds. The molecule has 5 aliphatic rings. The first-order valence-electron chi connectivity index (χ1n) is 14.9. The third-order valence-corrected chi connectivity index (χ3v) is 10.6. The Balaban J connectivity index is 0.000000517. The van der Waals surface area contributed by atoms with Crippen LogP contribution in [-0.4, -0.2) is 0 Å². The second-order valence-electron chi connectivity index (χ2n) is 12.4. The minimum Gasteiger partial charge on any atom is -0.106 e. The van der Waals surface area contributed by atoms with Gasteiger partial charge in [0.05, 0.1) is 0 Å². The van der Waals surface area contributed by atoms with Crippen LogP contribution in [0.5, 0.6) is 0 Å². The lowest BCUT2D eigenvalue weighted by atomic mass is 9.56. The fourth-order valence-corrected chi connectivity index (χ4v) is 8.93. The molecule has 0 spiro atoms. The molecule has 0 N–H and O–H groups in total. The zero-order chi connectivity index (χ0) is 27.1. The van der Waals surface area contributed by atoms with Crippen molar-refractivity contribution < 1.29 is 0 Å². The van der Waals surface area contributed by atoms with E-state index < -0.39 is 0 Å². The molecular weight excluding hydrogens is 420 g/mol. The summed E-state index contributed by atoms with van der Waals surface area (Å²) in [4.78, 5) is 0. The van der Waals surface area contributed by atoms with Crippen LogP contribution in [0.2, 0.25) is 0 Å². The largest absolute Gasteiger partial charge is 0.106 e. The van der Waals surface area contributed by atoms with Gasteiger partial charge in [0, 0.05) is 0 Å². The van der Waals surface area contributed by atoms with Gasteiger partial charge in [-0.3, -0.25) is 0 Å². The Morgan fingerprint density at radius 3 is 1.11 bits per heavy atom. The lowest BCUT2D eigenvalue weighted by molar-refractivity contribution is 0.000131. The quantitative estimate of drug-likeness (QED) is 0.342. The lowest BCUT2D eigenvalue weighted by Gasteiger charge is -2.49. The van der Waals surface area contributed by atoms with Gasteiger partial charge < -0.3 is 0 Å². The Morgan fingerprint density at radius 2 is 0.800 bits per heavy atom. The van der Waals surface area contributed by atoms with E-state index in [1.165, 1.54) is 64.2 Å². The molecular formula is C35H64. The monoisotopic (exact) mass is 485 g/mol. The summed E-state index contributed by atoms with van der Waals surface area (Å²) in [6, 6.07) is 0. The van der Waals surface area contributed by atoms with E-state index in [2.05, 4.69) is 80.3 Å². The van der Waals surface area contributed by atoms with Crippen LogP contribution in [0.25, 0.3) is 0 Å². The molecule has 35 heavy (non-hydrogen) atoms. The van der Waals surface area contributed by atoms with Crippen molar-refractivity contribution in [1.29, 1.82) is 0 Å². The van der Waals surface area contributed by atoms with E-state index >= 15 is 0 Å². The minimum atomic E-state index is 0.660. The van der Waals surface area contributed by atoms with Crippen molar-refractivity contribution in [2.45, 2.75) is 124 Å². The highest BCUT2D eigenvalue weighted by Gasteiger charge is 2.52. The van der Waals surface area contributed by atoms with Gasteiger partial charge in [-0.25, -0.2) is 0 Å². The second kappa shape index (κ2) is 17.4. The predicted molar refractivity (Wildman–Crippen MR) is 163 cm³/mol. The highest BCUT2D eigenvalue weighted by Crippen LogP contribution is 2.60. The van der Waals surface area contributed by atoms with Gasteiger partial charge in [0.2, 0.25) is 0 Å². The van der Waals surface area contributed by atoms with Crippen LogP contribution >= 0.6 is 0 Å². The Morgan fingerprint density at radius 1 is 0.486 bits per heavy atom. The van der Waals surface area contributed by atoms with Gasteiger partial charge in [-0.05, 0) is 91.3 Å². The summed E-state index contributed by atoms with van der Waals surface area (Å²) in [5.41, 5.74) is 1.34. The molecule has 0 bridgehead atoms. The molecule has 0 aromatic heterocycles. The van der Waals surface area contributed by atoms with Crippen molar-refractivity contribution in [2.75, 3.05) is 0 Å². The summed E-state index contributed by atoms with van der Waals surface area (Å²) >= 11 is 0. The minimum absolute atomic E-state index is 0.660. The normalized spacial score (nSPS) is 30.6. The summed E-state index contributed by atoms with van der Waals surface area (Å²) in [5.74, 6) is 6.50. The first kappa shape index (κ1) is 34.0. The maximum Gasteiger partial charge on any atom is -0.0292 e. The number of fused-ring (bicyclic) bond motifs is 2. The molecule has 0 nitrogen and oxygen atoms in total. The van der Waals surface area contributed by atoms with E-state index in [9.17, 15) is 0 Å². The fraction of sp³-hybridized carbons (Fsp3) is 0.771. The van der Waals surface area contributed by atoms with E-state index in [1.54, 1.807) is 32.1 Å². The second-order valence-corrected chi connectivity index (χ2v) is 12.4. The van der Waals surface area contributed by atoms with Crippen molar-refractivity contribution >= 4 is 0 Å².